The molecular weight excluding hydrogens is 295 g/mol. The molecular formula is C16H14ClFO3. The van der Waals surface area contributed by atoms with Gasteiger partial charge < -0.3 is 14.6 Å². The van der Waals surface area contributed by atoms with Crippen LogP contribution >= 0.6 is 11.6 Å². The SMILES string of the molecule is COc1ccc(C(O)c2cc(Cl)cc3c2OCC3)cc1F. The second kappa shape index (κ2) is 5.54. The first-order valence-electron chi connectivity index (χ1n) is 6.56. The van der Waals surface area contributed by atoms with E-state index in [1.54, 1.807) is 12.1 Å². The predicted molar refractivity (Wildman–Crippen MR) is 77.7 cm³/mol. The van der Waals surface area contributed by atoms with E-state index in [0.717, 1.165) is 12.0 Å². The summed E-state index contributed by atoms with van der Waals surface area (Å²) in [5.74, 6) is 0.260. The number of benzene rings is 2. The lowest BCUT2D eigenvalue weighted by Crippen LogP contribution is -2.03. The molecule has 2 aromatic rings. The minimum atomic E-state index is -1.00. The van der Waals surface area contributed by atoms with E-state index in [-0.39, 0.29) is 5.75 Å². The monoisotopic (exact) mass is 308 g/mol. The summed E-state index contributed by atoms with van der Waals surface area (Å²) in [5, 5.41) is 11.1. The van der Waals surface area contributed by atoms with E-state index in [9.17, 15) is 9.50 Å². The number of methoxy groups -OCH3 is 1. The van der Waals surface area contributed by atoms with Crippen LogP contribution in [0.3, 0.4) is 0 Å². The van der Waals surface area contributed by atoms with Gasteiger partial charge in [-0.2, -0.15) is 0 Å². The molecule has 0 saturated carbocycles. The first-order chi connectivity index (χ1) is 10.1. The van der Waals surface area contributed by atoms with Gasteiger partial charge in [0, 0.05) is 17.0 Å². The molecule has 0 radical (unpaired) electrons. The number of aliphatic hydroxyl groups excluding tert-OH is 1. The van der Waals surface area contributed by atoms with Crippen LogP contribution in [0, 0.1) is 5.82 Å². The average molecular weight is 309 g/mol. The molecule has 1 heterocycles. The van der Waals surface area contributed by atoms with Crippen molar-refractivity contribution in [3.63, 3.8) is 0 Å². The molecule has 110 valence electrons. The van der Waals surface area contributed by atoms with Gasteiger partial charge in [-0.15, -0.1) is 0 Å². The first kappa shape index (κ1) is 14.2. The van der Waals surface area contributed by atoms with Gasteiger partial charge in [0.15, 0.2) is 11.6 Å². The van der Waals surface area contributed by atoms with Gasteiger partial charge in [-0.1, -0.05) is 17.7 Å². The lowest BCUT2D eigenvalue weighted by atomic mass is 9.98. The number of hydrogen-bond acceptors (Lipinski definition) is 3. The van der Waals surface area contributed by atoms with Gasteiger partial charge in [-0.3, -0.25) is 0 Å². The van der Waals surface area contributed by atoms with Gasteiger partial charge in [-0.25, -0.2) is 4.39 Å². The zero-order chi connectivity index (χ0) is 15.0. The molecule has 5 heteroatoms. The van der Waals surface area contributed by atoms with E-state index >= 15 is 0 Å². The van der Waals surface area contributed by atoms with Gasteiger partial charge in [0.05, 0.1) is 13.7 Å². The summed E-state index contributed by atoms with van der Waals surface area (Å²) < 4.78 is 24.2. The van der Waals surface area contributed by atoms with Crippen LogP contribution in [0.5, 0.6) is 11.5 Å². The summed E-state index contributed by atoms with van der Waals surface area (Å²) in [6, 6.07) is 7.84. The Bertz CT molecular complexity index is 687. The number of rotatable bonds is 3. The predicted octanol–water partition coefficient (Wildman–Crippen LogP) is 3.50. The van der Waals surface area contributed by atoms with Crippen LogP contribution in [-0.2, 0) is 6.42 Å². The molecule has 1 unspecified atom stereocenters. The van der Waals surface area contributed by atoms with Crippen molar-refractivity contribution in [2.45, 2.75) is 12.5 Å². The highest BCUT2D eigenvalue weighted by Crippen LogP contribution is 2.39. The smallest absolute Gasteiger partial charge is 0.165 e. The quantitative estimate of drug-likeness (QED) is 0.943. The maximum atomic E-state index is 13.8. The van der Waals surface area contributed by atoms with Crippen LogP contribution in [0.15, 0.2) is 30.3 Å². The molecule has 1 N–H and O–H groups in total. The topological polar surface area (TPSA) is 38.7 Å². The van der Waals surface area contributed by atoms with E-state index in [1.165, 1.54) is 19.2 Å². The lowest BCUT2D eigenvalue weighted by Gasteiger charge is -2.16. The third-order valence-corrected chi connectivity index (χ3v) is 3.78. The van der Waals surface area contributed by atoms with Crippen molar-refractivity contribution in [2.24, 2.45) is 0 Å². The van der Waals surface area contributed by atoms with Crippen LogP contribution in [-0.4, -0.2) is 18.8 Å². The number of halogens is 2. The molecule has 0 fully saturated rings. The molecule has 0 spiro atoms. The Hall–Kier alpha value is -1.78. The van der Waals surface area contributed by atoms with E-state index in [0.29, 0.717) is 28.5 Å². The molecule has 3 rings (SSSR count). The van der Waals surface area contributed by atoms with Crippen LogP contribution < -0.4 is 9.47 Å². The molecule has 1 aliphatic rings. The van der Waals surface area contributed by atoms with Crippen LogP contribution in [0.4, 0.5) is 4.39 Å². The van der Waals surface area contributed by atoms with Gasteiger partial charge >= 0.3 is 0 Å². The fourth-order valence-corrected chi connectivity index (χ4v) is 2.78. The van der Waals surface area contributed by atoms with Crippen LogP contribution in [0.1, 0.15) is 22.8 Å². The molecule has 0 aromatic heterocycles. The van der Waals surface area contributed by atoms with Crippen LogP contribution in [0.2, 0.25) is 5.02 Å². The minimum Gasteiger partial charge on any atom is -0.494 e. The Morgan fingerprint density at radius 2 is 2.14 bits per heavy atom. The second-order valence-corrected chi connectivity index (χ2v) is 5.31. The van der Waals surface area contributed by atoms with Crippen molar-refractivity contribution in [2.75, 3.05) is 13.7 Å². The van der Waals surface area contributed by atoms with E-state index < -0.39 is 11.9 Å². The zero-order valence-electron chi connectivity index (χ0n) is 11.4. The Balaban J connectivity index is 2.03. The number of aliphatic hydroxyl groups is 1. The Labute approximate surface area is 126 Å². The van der Waals surface area contributed by atoms with Crippen molar-refractivity contribution in [1.82, 2.24) is 0 Å². The molecule has 0 amide bonds. The molecule has 1 aliphatic heterocycles. The molecule has 0 bridgehead atoms. The fourth-order valence-electron chi connectivity index (χ4n) is 2.53. The molecule has 0 aliphatic carbocycles. The van der Waals surface area contributed by atoms with Gasteiger partial charge in [0.2, 0.25) is 0 Å². The molecule has 21 heavy (non-hydrogen) atoms. The summed E-state index contributed by atoms with van der Waals surface area (Å²) >= 11 is 6.08. The third kappa shape index (κ3) is 2.57. The van der Waals surface area contributed by atoms with E-state index in [1.807, 2.05) is 6.07 Å². The highest BCUT2D eigenvalue weighted by molar-refractivity contribution is 6.30. The Morgan fingerprint density at radius 3 is 2.86 bits per heavy atom. The van der Waals surface area contributed by atoms with Crippen molar-refractivity contribution >= 4 is 11.6 Å². The summed E-state index contributed by atoms with van der Waals surface area (Å²) in [7, 11) is 1.40. The highest BCUT2D eigenvalue weighted by Gasteiger charge is 2.23. The molecule has 0 saturated heterocycles. The summed E-state index contributed by atoms with van der Waals surface area (Å²) in [5.41, 5.74) is 1.94. The van der Waals surface area contributed by atoms with Crippen molar-refractivity contribution < 1.29 is 19.0 Å². The van der Waals surface area contributed by atoms with Crippen molar-refractivity contribution in [1.29, 1.82) is 0 Å². The summed E-state index contributed by atoms with van der Waals surface area (Å²) in [6.07, 6.45) is -0.247. The van der Waals surface area contributed by atoms with Gasteiger partial charge in [-0.05, 0) is 35.4 Å². The van der Waals surface area contributed by atoms with Crippen molar-refractivity contribution in [3.05, 3.63) is 57.9 Å². The Morgan fingerprint density at radius 1 is 1.33 bits per heavy atom. The van der Waals surface area contributed by atoms with Gasteiger partial charge in [0.1, 0.15) is 11.9 Å². The fraction of sp³-hybridized carbons (Fsp3) is 0.250. The van der Waals surface area contributed by atoms with Gasteiger partial charge in [0.25, 0.3) is 0 Å². The Kier molecular flexibility index (Phi) is 3.74. The van der Waals surface area contributed by atoms with Crippen molar-refractivity contribution in [3.8, 4) is 11.5 Å². The van der Waals surface area contributed by atoms with Crippen LogP contribution in [0.25, 0.3) is 0 Å². The largest absolute Gasteiger partial charge is 0.494 e. The molecule has 2 aromatic carbocycles. The summed E-state index contributed by atoms with van der Waals surface area (Å²) in [4.78, 5) is 0. The average Bonchev–Trinajstić information content (AvgIpc) is 2.93. The normalized spacial score (nSPS) is 14.5. The molecule has 1 atom stereocenters. The number of hydrogen-bond donors (Lipinski definition) is 1. The summed E-state index contributed by atoms with van der Waals surface area (Å²) in [6.45, 7) is 0.562. The molecule has 3 nitrogen and oxygen atoms in total. The zero-order valence-corrected chi connectivity index (χ0v) is 12.2. The number of ether oxygens (including phenoxy) is 2. The van der Waals surface area contributed by atoms with E-state index in [4.69, 9.17) is 21.1 Å². The third-order valence-electron chi connectivity index (χ3n) is 3.56. The highest BCUT2D eigenvalue weighted by atomic mass is 35.5. The first-order valence-corrected chi connectivity index (χ1v) is 6.94. The maximum absolute atomic E-state index is 13.8. The number of fused-ring (bicyclic) bond motifs is 1. The van der Waals surface area contributed by atoms with E-state index in [2.05, 4.69) is 0 Å². The standard InChI is InChI=1S/C16H14ClFO3/c1-20-14-3-2-9(7-13(14)18)15(19)12-8-11(17)6-10-4-5-21-16(10)12/h2-3,6-8,15,19H,4-5H2,1H3. The maximum Gasteiger partial charge on any atom is 0.165 e. The lowest BCUT2D eigenvalue weighted by molar-refractivity contribution is 0.213. The second-order valence-electron chi connectivity index (χ2n) is 4.88. The minimum absolute atomic E-state index is 0.138.